The Morgan fingerprint density at radius 2 is 1.79 bits per heavy atom. The molecule has 1 unspecified atom stereocenters. The minimum atomic E-state index is -2.92. The number of H-pyrrole nitrogens is 1. The van der Waals surface area contributed by atoms with E-state index in [-0.39, 0.29) is 0 Å². The van der Waals surface area contributed by atoms with Crippen LogP contribution in [0, 0.1) is 0 Å². The number of carbonyl (C=O) groups excluding carboxylic acids is 1. The normalized spacial score (nSPS) is 31.2. The van der Waals surface area contributed by atoms with Gasteiger partial charge in [0.05, 0.1) is 13.2 Å². The number of aromatic amines is 1. The zero-order valence-corrected chi connectivity index (χ0v) is 14.8. The van der Waals surface area contributed by atoms with E-state index in [4.69, 9.17) is 9.84 Å². The molecule has 1 aromatic heterocycles. The largest absolute Gasteiger partial charge is 0.394 e. The number of carbonyl (C=O) groups is 1. The Bertz CT molecular complexity index is 839. The lowest BCUT2D eigenvalue weighted by Gasteiger charge is -2.35. The zero-order valence-electron chi connectivity index (χ0n) is 14.8. The molecule has 0 radical (unpaired) electrons. The van der Waals surface area contributed by atoms with E-state index in [1.54, 1.807) is 4.98 Å². The molecule has 0 aromatic carbocycles. The first-order valence-corrected chi connectivity index (χ1v) is 8.37. The second kappa shape index (κ2) is 8.78. The molecule has 164 valence electrons. The Balaban J connectivity index is 2.58. The van der Waals surface area contributed by atoms with E-state index < -0.39 is 78.7 Å². The summed E-state index contributed by atoms with van der Waals surface area (Å²) in [6, 6.07) is 0.762. The Labute approximate surface area is 161 Å². The molecule has 29 heavy (non-hydrogen) atoms. The number of nitrogens with one attached hydrogen (secondary N) is 1. The van der Waals surface area contributed by atoms with Crippen LogP contribution in [-0.2, 0) is 15.3 Å². The maximum atomic E-state index is 13.0. The van der Waals surface area contributed by atoms with E-state index in [9.17, 15) is 50.1 Å². The summed E-state index contributed by atoms with van der Waals surface area (Å²) in [6.45, 7) is -1.95. The van der Waals surface area contributed by atoms with Crippen LogP contribution in [0.1, 0.15) is 0 Å². The van der Waals surface area contributed by atoms with Gasteiger partial charge < -0.3 is 45.6 Å². The minimum Gasteiger partial charge on any atom is -0.394 e. The summed E-state index contributed by atoms with van der Waals surface area (Å²) >= 11 is 0. The second-order valence-corrected chi connectivity index (χ2v) is 6.49. The highest BCUT2D eigenvalue weighted by Crippen LogP contribution is 2.37. The number of rotatable bonds is 8. The third kappa shape index (κ3) is 3.89. The van der Waals surface area contributed by atoms with Gasteiger partial charge in [-0.25, -0.2) is 4.79 Å². The van der Waals surface area contributed by atoms with Gasteiger partial charge in [-0.05, 0) is 0 Å². The van der Waals surface area contributed by atoms with Crippen LogP contribution >= 0.6 is 0 Å². The van der Waals surface area contributed by atoms with Gasteiger partial charge in [-0.3, -0.25) is 19.1 Å². The predicted octanol–water partition coefficient (Wildman–Crippen LogP) is -6.69. The smallest absolute Gasteiger partial charge is 0.331 e. The van der Waals surface area contributed by atoms with Gasteiger partial charge in [0.25, 0.3) is 5.56 Å². The number of ketones is 1. The summed E-state index contributed by atoms with van der Waals surface area (Å²) in [5.41, 5.74) is -5.10. The van der Waals surface area contributed by atoms with Crippen molar-refractivity contribution in [1.29, 1.82) is 0 Å². The lowest BCUT2D eigenvalue weighted by atomic mass is 9.90. The summed E-state index contributed by atoms with van der Waals surface area (Å²) in [5, 5.41) is 78.0. The van der Waals surface area contributed by atoms with Crippen LogP contribution in [0.2, 0.25) is 0 Å². The Morgan fingerprint density at radius 1 is 1.17 bits per heavy atom. The molecule has 0 amide bonds. The van der Waals surface area contributed by atoms with E-state index in [1.807, 2.05) is 0 Å². The van der Waals surface area contributed by atoms with E-state index in [0.717, 1.165) is 6.07 Å². The van der Waals surface area contributed by atoms with Gasteiger partial charge in [-0.1, -0.05) is 0 Å². The molecule has 1 fully saturated rings. The molecule has 1 aromatic rings. The summed E-state index contributed by atoms with van der Waals surface area (Å²) < 4.78 is 5.54. The highest BCUT2D eigenvalue weighted by Gasteiger charge is 2.62. The molecule has 0 spiro atoms. The van der Waals surface area contributed by atoms with Crippen molar-refractivity contribution < 1.29 is 50.4 Å². The van der Waals surface area contributed by atoms with E-state index in [2.05, 4.69) is 0 Å². The predicted molar refractivity (Wildman–Crippen MR) is 89.4 cm³/mol. The number of aliphatic hydroxyl groups is 8. The number of ether oxygens (including phenoxy) is 1. The number of nitrogens with zero attached hydrogens (tertiary/aromatic N) is 1. The molecule has 8 atom stereocenters. The maximum absolute atomic E-state index is 13.0. The molecule has 14 nitrogen and oxygen atoms in total. The molecule has 9 N–H and O–H groups in total. The first-order valence-electron chi connectivity index (χ1n) is 8.37. The van der Waals surface area contributed by atoms with Gasteiger partial charge in [-0.2, -0.15) is 0 Å². The van der Waals surface area contributed by atoms with Crippen molar-refractivity contribution in [2.24, 2.45) is 0 Å². The lowest BCUT2D eigenvalue weighted by Crippen LogP contribution is -2.62. The topological polar surface area (TPSA) is 243 Å². The fourth-order valence-electron chi connectivity index (χ4n) is 3.04. The highest BCUT2D eigenvalue weighted by atomic mass is 16.6. The number of aromatic nitrogens is 2. The molecular formula is C15H22N2O12. The maximum Gasteiger partial charge on any atom is 0.331 e. The van der Waals surface area contributed by atoms with E-state index in [1.165, 1.54) is 0 Å². The summed E-state index contributed by atoms with van der Waals surface area (Å²) in [7, 11) is 0. The van der Waals surface area contributed by atoms with Crippen LogP contribution in [0.15, 0.2) is 21.9 Å². The molecule has 2 heterocycles. The van der Waals surface area contributed by atoms with Crippen LogP contribution in [0.3, 0.4) is 0 Å². The fourth-order valence-corrected chi connectivity index (χ4v) is 3.04. The third-order valence-corrected chi connectivity index (χ3v) is 4.67. The first kappa shape index (κ1) is 23.3. The third-order valence-electron chi connectivity index (χ3n) is 4.67. The highest BCUT2D eigenvalue weighted by molar-refractivity contribution is 5.90. The van der Waals surface area contributed by atoms with Crippen molar-refractivity contribution >= 4 is 5.78 Å². The zero-order chi connectivity index (χ0) is 22.1. The van der Waals surface area contributed by atoms with Gasteiger partial charge in [0.15, 0.2) is 0 Å². The van der Waals surface area contributed by atoms with Crippen molar-refractivity contribution in [1.82, 2.24) is 9.55 Å². The van der Waals surface area contributed by atoms with Crippen LogP contribution in [0.25, 0.3) is 0 Å². The van der Waals surface area contributed by atoms with Gasteiger partial charge in [0, 0.05) is 12.3 Å². The van der Waals surface area contributed by atoms with Gasteiger partial charge >= 0.3 is 5.69 Å². The fraction of sp³-hybridized carbons (Fsp3) is 0.667. The average Bonchev–Trinajstić information content (AvgIpc) is 2.96. The number of hydrogen-bond acceptors (Lipinski definition) is 12. The number of hydrogen-bond donors (Lipinski definition) is 9. The SMILES string of the molecule is O=C([C@H](O)[C@@H](O)[C@H](O)[C@H](O)CO)C1(n2ccc(=O)[nH]c2=O)O[C@H](CO)[C@@H](O)[C@H]1O. The number of Topliss-reactive ketones (excluding diaryl/α,β-unsaturated/α-hetero) is 1. The molecule has 0 bridgehead atoms. The molecule has 1 aliphatic rings. The lowest BCUT2D eigenvalue weighted by molar-refractivity contribution is -0.194. The summed E-state index contributed by atoms with van der Waals surface area (Å²) in [4.78, 5) is 38.3. The standard InChI is InChI=1S/C15H22N2O12/c18-3-5(20)8(22)10(24)11(25)13(27)15(12(26)9(23)6(4-19)29-15)17-2-1-7(21)16-14(17)28/h1-2,5-6,8-12,18-20,22-26H,3-4H2,(H,16,21,28)/t5-,6-,8-,9-,10+,11-,12-,15?/m1/s1. The molecular weight excluding hydrogens is 400 g/mol. The van der Waals surface area contributed by atoms with Crippen molar-refractivity contribution in [2.75, 3.05) is 13.2 Å². The van der Waals surface area contributed by atoms with Crippen LogP contribution < -0.4 is 11.2 Å². The van der Waals surface area contributed by atoms with Crippen LogP contribution in [0.5, 0.6) is 0 Å². The van der Waals surface area contributed by atoms with Crippen LogP contribution in [0.4, 0.5) is 0 Å². The summed E-state index contributed by atoms with van der Waals surface area (Å²) in [5.74, 6) is -1.65. The van der Waals surface area contributed by atoms with E-state index in [0.29, 0.717) is 10.8 Å². The van der Waals surface area contributed by atoms with Crippen LogP contribution in [-0.4, -0.2) is 112 Å². The number of aliphatic hydroxyl groups excluding tert-OH is 8. The first-order chi connectivity index (χ1) is 13.5. The van der Waals surface area contributed by atoms with Gasteiger partial charge in [0.1, 0.15) is 42.7 Å². The van der Waals surface area contributed by atoms with Crippen molar-refractivity contribution in [3.63, 3.8) is 0 Å². The Morgan fingerprint density at radius 3 is 2.28 bits per heavy atom. The molecule has 2 rings (SSSR count). The van der Waals surface area contributed by atoms with Crippen molar-refractivity contribution in [3.8, 4) is 0 Å². The molecule has 0 saturated carbocycles. The van der Waals surface area contributed by atoms with Crippen molar-refractivity contribution in [3.05, 3.63) is 33.1 Å². The minimum absolute atomic E-state index is 0.338. The van der Waals surface area contributed by atoms with Gasteiger partial charge in [0.2, 0.25) is 11.5 Å². The molecule has 1 saturated heterocycles. The molecule has 1 aliphatic heterocycles. The Hall–Kier alpha value is -2.01. The summed E-state index contributed by atoms with van der Waals surface area (Å²) in [6.07, 6.45) is -14.3. The molecule has 14 heteroatoms. The average molecular weight is 422 g/mol. The van der Waals surface area contributed by atoms with Crippen molar-refractivity contribution in [2.45, 2.75) is 48.5 Å². The van der Waals surface area contributed by atoms with Gasteiger partial charge in [-0.15, -0.1) is 0 Å². The molecule has 0 aliphatic carbocycles. The quantitative estimate of drug-likeness (QED) is 0.190. The Kier molecular flexibility index (Phi) is 7.05. The monoisotopic (exact) mass is 422 g/mol. The van der Waals surface area contributed by atoms with E-state index >= 15 is 0 Å². The second-order valence-electron chi connectivity index (χ2n) is 6.49.